The Morgan fingerprint density at radius 2 is 1.81 bits per heavy atom. The van der Waals surface area contributed by atoms with Gasteiger partial charge < -0.3 is 15.0 Å². The van der Waals surface area contributed by atoms with Crippen LogP contribution in [-0.4, -0.2) is 71.8 Å². The summed E-state index contributed by atoms with van der Waals surface area (Å²) in [6.45, 7) is 7.97. The Balaban J connectivity index is 1.23. The summed E-state index contributed by atoms with van der Waals surface area (Å²) in [7, 11) is 0. The number of carbonyl (C=O) groups is 3. The molecule has 2 unspecified atom stereocenters. The number of nitrogens with zero attached hydrogens (tertiary/aromatic N) is 2. The van der Waals surface area contributed by atoms with E-state index in [9.17, 15) is 14.4 Å². The number of piperidine rings is 1. The molecule has 5 rings (SSSR count). The molecule has 3 saturated heterocycles. The summed E-state index contributed by atoms with van der Waals surface area (Å²) in [4.78, 5) is 45.6. The van der Waals surface area contributed by atoms with Gasteiger partial charge in [-0.15, -0.1) is 11.3 Å². The molecule has 2 aromatic rings. The predicted molar refractivity (Wildman–Crippen MR) is 144 cm³/mol. The van der Waals surface area contributed by atoms with Crippen LogP contribution >= 0.6 is 11.3 Å². The standard InChI is InChI=1S/C29H37N3O4S/c1-19(2)16-23(29(35)32-15-12-25-27(32)24(33)18-36-25)30-28(34)21-8-6-20(7-9-21)26-11-10-22(37-26)17-31-13-4-3-5-14-31/h6-11,19,23,25,27H,3-5,12-18H2,1-2H3,(H,30,34)/t23?,25-,27?/m1/s1. The van der Waals surface area contributed by atoms with Crippen molar-refractivity contribution in [2.24, 2.45) is 5.92 Å². The lowest BCUT2D eigenvalue weighted by atomic mass is 10.0. The Morgan fingerprint density at radius 1 is 1.05 bits per heavy atom. The number of thiophene rings is 1. The molecule has 0 spiro atoms. The molecule has 3 aliphatic heterocycles. The fourth-order valence-corrected chi connectivity index (χ4v) is 6.77. The molecule has 0 aliphatic carbocycles. The van der Waals surface area contributed by atoms with Gasteiger partial charge in [-0.25, -0.2) is 0 Å². The van der Waals surface area contributed by atoms with Crippen molar-refractivity contribution in [2.75, 3.05) is 26.2 Å². The molecule has 0 bridgehead atoms. The van der Waals surface area contributed by atoms with Crippen LogP contribution in [0, 0.1) is 5.92 Å². The van der Waals surface area contributed by atoms with Crippen LogP contribution in [0.25, 0.3) is 10.4 Å². The molecule has 3 fully saturated rings. The van der Waals surface area contributed by atoms with Crippen molar-refractivity contribution in [3.63, 3.8) is 0 Å². The molecule has 0 radical (unpaired) electrons. The third kappa shape index (κ3) is 5.97. The van der Waals surface area contributed by atoms with Gasteiger partial charge in [-0.3, -0.25) is 19.3 Å². The summed E-state index contributed by atoms with van der Waals surface area (Å²) in [5, 5.41) is 2.96. The number of benzene rings is 1. The first-order chi connectivity index (χ1) is 17.9. The van der Waals surface area contributed by atoms with Gasteiger partial charge in [0.2, 0.25) is 5.91 Å². The number of carbonyl (C=O) groups excluding carboxylic acids is 3. The second-order valence-corrected chi connectivity index (χ2v) is 12.1. The molecule has 1 N–H and O–H groups in total. The fraction of sp³-hybridized carbons (Fsp3) is 0.552. The summed E-state index contributed by atoms with van der Waals surface area (Å²) in [6.07, 6.45) is 4.88. The van der Waals surface area contributed by atoms with Gasteiger partial charge in [-0.2, -0.15) is 0 Å². The van der Waals surface area contributed by atoms with E-state index < -0.39 is 12.1 Å². The molecule has 3 aliphatic rings. The number of hydrogen-bond acceptors (Lipinski definition) is 6. The van der Waals surface area contributed by atoms with Crippen molar-refractivity contribution in [1.29, 1.82) is 0 Å². The lowest BCUT2D eigenvalue weighted by Crippen LogP contribution is -2.52. The summed E-state index contributed by atoms with van der Waals surface area (Å²) < 4.78 is 5.54. The van der Waals surface area contributed by atoms with E-state index in [-0.39, 0.29) is 36.2 Å². The number of Topliss-reactive ketones (excluding diaryl/α,β-unsaturated/α-hetero) is 1. The SMILES string of the molecule is CC(C)CC(NC(=O)c1ccc(-c2ccc(CN3CCCCC3)s2)cc1)C(=O)N1CC[C@H]2OCC(=O)C21. The predicted octanol–water partition coefficient (Wildman–Crippen LogP) is 4.11. The van der Waals surface area contributed by atoms with E-state index in [0.717, 1.165) is 12.1 Å². The summed E-state index contributed by atoms with van der Waals surface area (Å²) >= 11 is 1.81. The average molecular weight is 524 g/mol. The quantitative estimate of drug-likeness (QED) is 0.563. The van der Waals surface area contributed by atoms with Crippen LogP contribution in [0.3, 0.4) is 0 Å². The lowest BCUT2D eigenvalue weighted by Gasteiger charge is -2.28. The van der Waals surface area contributed by atoms with Gasteiger partial charge in [0, 0.05) is 28.4 Å². The highest BCUT2D eigenvalue weighted by atomic mass is 32.1. The summed E-state index contributed by atoms with van der Waals surface area (Å²) in [5.41, 5.74) is 1.61. The highest BCUT2D eigenvalue weighted by molar-refractivity contribution is 7.15. The number of likely N-dealkylation sites (tertiary alicyclic amines) is 2. The van der Waals surface area contributed by atoms with Crippen LogP contribution in [0.2, 0.25) is 0 Å². The van der Waals surface area contributed by atoms with Crippen molar-refractivity contribution in [1.82, 2.24) is 15.1 Å². The monoisotopic (exact) mass is 523 g/mol. The van der Waals surface area contributed by atoms with Gasteiger partial charge in [0.1, 0.15) is 18.7 Å². The van der Waals surface area contributed by atoms with E-state index in [2.05, 4.69) is 22.3 Å². The molecular weight excluding hydrogens is 486 g/mol. The minimum Gasteiger partial charge on any atom is -0.368 e. The summed E-state index contributed by atoms with van der Waals surface area (Å²) in [6, 6.07) is 10.8. The molecule has 1 aromatic carbocycles. The molecule has 3 atom stereocenters. The molecule has 198 valence electrons. The van der Waals surface area contributed by atoms with Gasteiger partial charge in [0.05, 0.1) is 6.10 Å². The van der Waals surface area contributed by atoms with E-state index in [1.54, 1.807) is 16.2 Å². The van der Waals surface area contributed by atoms with E-state index in [1.165, 1.54) is 42.1 Å². The second-order valence-electron chi connectivity index (χ2n) is 10.9. The molecule has 2 amide bonds. The number of hydrogen-bond donors (Lipinski definition) is 1. The first kappa shape index (κ1) is 26.1. The molecule has 8 heteroatoms. The Labute approximate surface area is 223 Å². The topological polar surface area (TPSA) is 79.0 Å². The Hall–Kier alpha value is -2.55. The smallest absolute Gasteiger partial charge is 0.251 e. The normalized spacial score (nSPS) is 22.9. The van der Waals surface area contributed by atoms with E-state index in [1.807, 2.05) is 38.1 Å². The molecular formula is C29H37N3O4S. The highest BCUT2D eigenvalue weighted by Crippen LogP contribution is 2.30. The van der Waals surface area contributed by atoms with Crippen molar-refractivity contribution < 1.29 is 19.1 Å². The third-order valence-corrected chi connectivity index (χ3v) is 8.75. The molecule has 4 heterocycles. The number of ether oxygens (including phenoxy) is 1. The van der Waals surface area contributed by atoms with Crippen molar-refractivity contribution >= 4 is 28.9 Å². The molecule has 7 nitrogen and oxygen atoms in total. The van der Waals surface area contributed by atoms with Gasteiger partial charge in [0.15, 0.2) is 5.78 Å². The molecule has 1 aromatic heterocycles. The second kappa shape index (κ2) is 11.5. The van der Waals surface area contributed by atoms with Gasteiger partial charge >= 0.3 is 0 Å². The zero-order valence-corrected chi connectivity index (χ0v) is 22.6. The van der Waals surface area contributed by atoms with Crippen molar-refractivity contribution in [2.45, 2.75) is 70.7 Å². The first-order valence-electron chi connectivity index (χ1n) is 13.6. The van der Waals surface area contributed by atoms with Crippen molar-refractivity contribution in [3.05, 3.63) is 46.8 Å². The molecule has 0 saturated carbocycles. The van der Waals surface area contributed by atoms with Crippen LogP contribution in [0.5, 0.6) is 0 Å². The van der Waals surface area contributed by atoms with Crippen LogP contribution in [0.1, 0.15) is 61.2 Å². The maximum Gasteiger partial charge on any atom is 0.251 e. The number of rotatable bonds is 8. The minimum absolute atomic E-state index is 0.0475. The Bertz CT molecular complexity index is 1120. The van der Waals surface area contributed by atoms with E-state index in [0.29, 0.717) is 24.9 Å². The lowest BCUT2D eigenvalue weighted by molar-refractivity contribution is -0.138. The largest absolute Gasteiger partial charge is 0.368 e. The number of amides is 2. The van der Waals surface area contributed by atoms with Crippen LogP contribution in [0.4, 0.5) is 0 Å². The Morgan fingerprint density at radius 3 is 2.54 bits per heavy atom. The van der Waals surface area contributed by atoms with Gasteiger partial charge in [-0.05, 0) is 74.5 Å². The fourth-order valence-electron chi connectivity index (χ4n) is 5.72. The highest BCUT2D eigenvalue weighted by Gasteiger charge is 2.48. The van der Waals surface area contributed by atoms with Crippen LogP contribution in [-0.2, 0) is 20.9 Å². The molecule has 37 heavy (non-hydrogen) atoms. The number of fused-ring (bicyclic) bond motifs is 1. The maximum atomic E-state index is 13.4. The summed E-state index contributed by atoms with van der Waals surface area (Å²) in [5.74, 6) is -0.297. The third-order valence-electron chi connectivity index (χ3n) is 7.63. The number of ketones is 1. The zero-order valence-electron chi connectivity index (χ0n) is 21.8. The van der Waals surface area contributed by atoms with Crippen LogP contribution < -0.4 is 5.32 Å². The maximum absolute atomic E-state index is 13.4. The van der Waals surface area contributed by atoms with E-state index in [4.69, 9.17) is 4.74 Å². The van der Waals surface area contributed by atoms with Gasteiger partial charge in [0.25, 0.3) is 5.91 Å². The van der Waals surface area contributed by atoms with E-state index >= 15 is 0 Å². The van der Waals surface area contributed by atoms with Crippen LogP contribution in [0.15, 0.2) is 36.4 Å². The van der Waals surface area contributed by atoms with Crippen molar-refractivity contribution in [3.8, 4) is 10.4 Å². The average Bonchev–Trinajstić information content (AvgIpc) is 3.62. The first-order valence-corrected chi connectivity index (χ1v) is 14.4. The number of nitrogens with one attached hydrogen (secondary N) is 1. The zero-order chi connectivity index (χ0) is 25.9. The van der Waals surface area contributed by atoms with Gasteiger partial charge in [-0.1, -0.05) is 32.4 Å². The minimum atomic E-state index is -0.672. The Kier molecular flexibility index (Phi) is 8.07.